The highest BCUT2D eigenvalue weighted by molar-refractivity contribution is 7.89. The number of carbonyl (C=O) groups is 1. The van der Waals surface area contributed by atoms with Crippen molar-refractivity contribution in [2.75, 3.05) is 13.7 Å². The van der Waals surface area contributed by atoms with Crippen LogP contribution in [0.15, 0.2) is 23.5 Å². The summed E-state index contributed by atoms with van der Waals surface area (Å²) < 4.78 is 32.0. The number of carboxylic acid groups (broad SMARTS) is 1. The molecule has 0 aliphatic rings. The summed E-state index contributed by atoms with van der Waals surface area (Å²) in [7, 11) is -2.64. The fourth-order valence-electron chi connectivity index (χ4n) is 1.98. The van der Waals surface area contributed by atoms with Gasteiger partial charge in [0.25, 0.3) is 15.2 Å². The first-order valence-corrected chi connectivity index (χ1v) is 8.93. The summed E-state index contributed by atoms with van der Waals surface area (Å²) in [4.78, 5) is 18.7. The molecule has 2 aromatic heterocycles. The highest BCUT2D eigenvalue weighted by atomic mass is 35.5. The van der Waals surface area contributed by atoms with E-state index in [2.05, 4.69) is 24.9 Å². The highest BCUT2D eigenvalue weighted by Crippen LogP contribution is 2.21. The molecule has 1 atom stereocenters. The van der Waals surface area contributed by atoms with Crippen LogP contribution in [0.4, 0.5) is 0 Å². The molecule has 0 bridgehead atoms. The SMILES string of the molecule is COCCc1nc(S(=O)(=O)NC(CC(=O)O)c2ccnc(Cl)c2)n[nH]1. The zero-order valence-corrected chi connectivity index (χ0v) is 14.7. The van der Waals surface area contributed by atoms with Crippen molar-refractivity contribution in [3.05, 3.63) is 34.9 Å². The van der Waals surface area contributed by atoms with Gasteiger partial charge in [-0.2, -0.15) is 0 Å². The smallest absolute Gasteiger partial charge is 0.305 e. The third-order valence-electron chi connectivity index (χ3n) is 3.12. The molecule has 0 radical (unpaired) electrons. The van der Waals surface area contributed by atoms with E-state index in [0.29, 0.717) is 24.4 Å². The van der Waals surface area contributed by atoms with Crippen LogP contribution in [0.25, 0.3) is 0 Å². The standard InChI is InChI=1S/C13H16ClN5O5S/c1-24-5-3-11-16-13(18-17-11)25(22,23)19-9(7-12(20)21)8-2-4-15-10(14)6-8/h2,4,6,9,19H,3,5,7H2,1H3,(H,20,21)(H,16,17,18). The molecular weight excluding hydrogens is 374 g/mol. The lowest BCUT2D eigenvalue weighted by molar-refractivity contribution is -0.137. The number of halogens is 1. The van der Waals surface area contributed by atoms with Gasteiger partial charge in [-0.25, -0.2) is 23.1 Å². The van der Waals surface area contributed by atoms with E-state index in [9.17, 15) is 13.2 Å². The van der Waals surface area contributed by atoms with Crippen molar-refractivity contribution < 1.29 is 23.1 Å². The number of sulfonamides is 1. The Hall–Kier alpha value is -2.08. The molecule has 2 heterocycles. The lowest BCUT2D eigenvalue weighted by Crippen LogP contribution is -2.31. The second kappa shape index (κ2) is 8.34. The van der Waals surface area contributed by atoms with Gasteiger partial charge in [0.05, 0.1) is 19.1 Å². The number of carboxylic acids is 1. The van der Waals surface area contributed by atoms with Gasteiger partial charge < -0.3 is 9.84 Å². The maximum atomic E-state index is 12.4. The second-order valence-electron chi connectivity index (χ2n) is 4.99. The summed E-state index contributed by atoms with van der Waals surface area (Å²) >= 11 is 5.79. The Balaban J connectivity index is 2.24. The van der Waals surface area contributed by atoms with E-state index < -0.39 is 33.6 Å². The van der Waals surface area contributed by atoms with Crippen molar-refractivity contribution in [3.63, 3.8) is 0 Å². The molecule has 0 aliphatic heterocycles. The summed E-state index contributed by atoms with van der Waals surface area (Å²) in [5.41, 5.74) is 0.362. The average Bonchev–Trinajstić information content (AvgIpc) is 3.01. The van der Waals surface area contributed by atoms with Crippen LogP contribution in [0.5, 0.6) is 0 Å². The Labute approximate surface area is 148 Å². The number of nitrogens with zero attached hydrogens (tertiary/aromatic N) is 3. The molecule has 0 amide bonds. The normalized spacial score (nSPS) is 12.9. The summed E-state index contributed by atoms with van der Waals surface area (Å²) in [5, 5.41) is 14.8. The minimum absolute atomic E-state index is 0.117. The van der Waals surface area contributed by atoms with Gasteiger partial charge in [0.1, 0.15) is 11.0 Å². The largest absolute Gasteiger partial charge is 0.481 e. The van der Waals surface area contributed by atoms with Crippen LogP contribution in [-0.4, -0.2) is 53.4 Å². The van der Waals surface area contributed by atoms with Crippen LogP contribution in [0.1, 0.15) is 23.9 Å². The molecule has 136 valence electrons. The molecular formula is C13H16ClN5O5S. The van der Waals surface area contributed by atoms with Crippen molar-refractivity contribution in [2.45, 2.75) is 24.0 Å². The van der Waals surface area contributed by atoms with Crippen molar-refractivity contribution in [1.82, 2.24) is 24.9 Å². The Morgan fingerprint density at radius 3 is 2.92 bits per heavy atom. The molecule has 0 fully saturated rings. The number of nitrogens with one attached hydrogen (secondary N) is 2. The Morgan fingerprint density at radius 1 is 1.52 bits per heavy atom. The van der Waals surface area contributed by atoms with Gasteiger partial charge >= 0.3 is 5.97 Å². The Kier molecular flexibility index (Phi) is 6.42. The van der Waals surface area contributed by atoms with Gasteiger partial charge in [-0.3, -0.25) is 9.89 Å². The number of hydrogen-bond donors (Lipinski definition) is 3. The highest BCUT2D eigenvalue weighted by Gasteiger charge is 2.27. The van der Waals surface area contributed by atoms with Crippen LogP contribution in [0.2, 0.25) is 5.15 Å². The predicted molar refractivity (Wildman–Crippen MR) is 86.5 cm³/mol. The van der Waals surface area contributed by atoms with Crippen LogP contribution in [0.3, 0.4) is 0 Å². The van der Waals surface area contributed by atoms with Crippen molar-refractivity contribution in [1.29, 1.82) is 0 Å². The molecule has 1 unspecified atom stereocenters. The van der Waals surface area contributed by atoms with Gasteiger partial charge in [0, 0.05) is 19.7 Å². The number of H-pyrrole nitrogens is 1. The first kappa shape index (κ1) is 19.2. The van der Waals surface area contributed by atoms with Gasteiger partial charge in [-0.1, -0.05) is 11.6 Å². The van der Waals surface area contributed by atoms with Crippen LogP contribution in [0, 0.1) is 0 Å². The number of hydrogen-bond acceptors (Lipinski definition) is 7. The molecule has 3 N–H and O–H groups in total. The lowest BCUT2D eigenvalue weighted by Gasteiger charge is -2.16. The maximum absolute atomic E-state index is 12.4. The number of rotatable bonds is 9. The quantitative estimate of drug-likeness (QED) is 0.526. The van der Waals surface area contributed by atoms with Gasteiger partial charge in [-0.15, -0.1) is 5.10 Å². The minimum atomic E-state index is -4.14. The molecule has 2 rings (SSSR count). The molecule has 0 saturated heterocycles. The summed E-state index contributed by atoms with van der Waals surface area (Å²) in [6.07, 6.45) is 1.23. The van der Waals surface area contributed by atoms with E-state index in [4.69, 9.17) is 21.4 Å². The van der Waals surface area contributed by atoms with Crippen LogP contribution < -0.4 is 4.72 Å². The molecule has 10 nitrogen and oxygen atoms in total. The van der Waals surface area contributed by atoms with Crippen molar-refractivity contribution in [3.8, 4) is 0 Å². The van der Waals surface area contributed by atoms with Crippen LogP contribution in [-0.2, 0) is 26.0 Å². The number of aromatic amines is 1. The second-order valence-corrected chi connectivity index (χ2v) is 6.99. The third-order valence-corrected chi connectivity index (χ3v) is 4.59. The maximum Gasteiger partial charge on any atom is 0.305 e. The molecule has 0 aromatic carbocycles. The number of methoxy groups -OCH3 is 1. The average molecular weight is 390 g/mol. The van der Waals surface area contributed by atoms with Gasteiger partial charge in [-0.05, 0) is 17.7 Å². The van der Waals surface area contributed by atoms with E-state index in [1.54, 1.807) is 0 Å². The van der Waals surface area contributed by atoms with E-state index in [-0.39, 0.29) is 5.15 Å². The molecule has 0 aliphatic carbocycles. The van der Waals surface area contributed by atoms with Crippen molar-refractivity contribution >= 4 is 27.6 Å². The fraction of sp³-hybridized carbons (Fsp3) is 0.385. The molecule has 12 heteroatoms. The van der Waals surface area contributed by atoms with Crippen molar-refractivity contribution in [2.24, 2.45) is 0 Å². The van der Waals surface area contributed by atoms with E-state index in [1.807, 2.05) is 0 Å². The zero-order chi connectivity index (χ0) is 18.4. The van der Waals surface area contributed by atoms with E-state index in [1.165, 1.54) is 25.4 Å². The molecule has 25 heavy (non-hydrogen) atoms. The number of ether oxygens (including phenoxy) is 1. The van der Waals surface area contributed by atoms with Crippen LogP contribution >= 0.6 is 11.6 Å². The number of aliphatic carboxylic acids is 1. The molecule has 2 aromatic rings. The zero-order valence-electron chi connectivity index (χ0n) is 13.1. The number of aromatic nitrogens is 4. The topological polar surface area (TPSA) is 147 Å². The Morgan fingerprint density at radius 2 is 2.28 bits per heavy atom. The lowest BCUT2D eigenvalue weighted by atomic mass is 10.1. The van der Waals surface area contributed by atoms with E-state index in [0.717, 1.165) is 0 Å². The predicted octanol–water partition coefficient (Wildman–Crippen LogP) is 0.536. The van der Waals surface area contributed by atoms with E-state index >= 15 is 0 Å². The fourth-order valence-corrected chi connectivity index (χ4v) is 3.26. The first-order chi connectivity index (χ1) is 11.8. The molecule has 0 saturated carbocycles. The monoisotopic (exact) mass is 389 g/mol. The minimum Gasteiger partial charge on any atom is -0.481 e. The number of pyridine rings is 1. The van der Waals surface area contributed by atoms with Gasteiger partial charge in [0.2, 0.25) is 0 Å². The molecule has 0 spiro atoms. The first-order valence-electron chi connectivity index (χ1n) is 7.07. The summed E-state index contributed by atoms with van der Waals surface area (Å²) in [6.45, 7) is 0.346. The van der Waals surface area contributed by atoms with Gasteiger partial charge in [0.15, 0.2) is 0 Å². The Bertz CT molecular complexity index is 841. The summed E-state index contributed by atoms with van der Waals surface area (Å²) in [5.74, 6) is -0.847. The third kappa shape index (κ3) is 5.46. The summed E-state index contributed by atoms with van der Waals surface area (Å²) in [6, 6.07) is 1.81.